The second-order valence-corrected chi connectivity index (χ2v) is 20.7. The summed E-state index contributed by atoms with van der Waals surface area (Å²) in [5.74, 6) is -1.15. The molecule has 1 heterocycles. The van der Waals surface area contributed by atoms with Crippen LogP contribution in [0.5, 0.6) is 0 Å². The summed E-state index contributed by atoms with van der Waals surface area (Å²) >= 11 is 0. The summed E-state index contributed by atoms with van der Waals surface area (Å²) in [6.07, 6.45) is 3.48. The van der Waals surface area contributed by atoms with Gasteiger partial charge in [-0.3, -0.25) is 4.79 Å². The fourth-order valence-electron chi connectivity index (χ4n) is 3.67. The highest BCUT2D eigenvalue weighted by atomic mass is 28.3. The molecule has 1 aliphatic carbocycles. The maximum absolute atomic E-state index is 13.0. The third kappa shape index (κ3) is 5.06. The first kappa shape index (κ1) is 23.1. The molecule has 5 nitrogen and oxygen atoms in total. The SMILES string of the molecule is CO[C@H]1C[C@@](O)(c2ccoc2[Si](C)(C)C)[C@H](C(=O)OCC[Si](C)(C)C)C=C1C. The number of furan rings is 1. The van der Waals surface area contributed by atoms with Gasteiger partial charge in [0.2, 0.25) is 0 Å². The van der Waals surface area contributed by atoms with Crippen LogP contribution < -0.4 is 5.38 Å². The van der Waals surface area contributed by atoms with Gasteiger partial charge in [0.1, 0.15) is 19.6 Å². The monoisotopic (exact) mass is 424 g/mol. The minimum absolute atomic E-state index is 0.250. The lowest BCUT2D eigenvalue weighted by Crippen LogP contribution is -2.51. The van der Waals surface area contributed by atoms with Crippen LogP contribution in [-0.2, 0) is 19.9 Å². The van der Waals surface area contributed by atoms with E-state index in [2.05, 4.69) is 39.3 Å². The van der Waals surface area contributed by atoms with Crippen molar-refractivity contribution in [1.82, 2.24) is 0 Å². The van der Waals surface area contributed by atoms with E-state index in [4.69, 9.17) is 13.9 Å². The van der Waals surface area contributed by atoms with Crippen LogP contribution in [0.4, 0.5) is 0 Å². The van der Waals surface area contributed by atoms with Crippen molar-refractivity contribution in [3.05, 3.63) is 29.5 Å². The van der Waals surface area contributed by atoms with E-state index < -0.39 is 27.7 Å². The van der Waals surface area contributed by atoms with Gasteiger partial charge in [-0.05, 0) is 24.6 Å². The van der Waals surface area contributed by atoms with Gasteiger partial charge in [-0.1, -0.05) is 45.4 Å². The van der Waals surface area contributed by atoms with Crippen molar-refractivity contribution in [1.29, 1.82) is 0 Å². The lowest BCUT2D eigenvalue weighted by atomic mass is 9.72. The lowest BCUT2D eigenvalue weighted by Gasteiger charge is -2.41. The third-order valence-corrected chi connectivity index (χ3v) is 8.85. The zero-order valence-electron chi connectivity index (χ0n) is 18.6. The van der Waals surface area contributed by atoms with Gasteiger partial charge in [0.05, 0.1) is 24.4 Å². The van der Waals surface area contributed by atoms with Crippen molar-refractivity contribution in [2.45, 2.75) is 70.4 Å². The predicted molar refractivity (Wildman–Crippen MR) is 117 cm³/mol. The molecule has 1 aromatic rings. The zero-order chi connectivity index (χ0) is 21.3. The number of esters is 1. The molecular weight excluding hydrogens is 388 g/mol. The lowest BCUT2D eigenvalue weighted by molar-refractivity contribution is -0.159. The molecule has 158 valence electrons. The maximum Gasteiger partial charge on any atom is 0.316 e. The largest absolute Gasteiger partial charge is 0.474 e. The van der Waals surface area contributed by atoms with Gasteiger partial charge in [0.15, 0.2) is 0 Å². The summed E-state index contributed by atoms with van der Waals surface area (Å²) in [4.78, 5) is 13.0. The number of methoxy groups -OCH3 is 1. The fraction of sp³-hybridized carbons (Fsp3) is 0.667. The van der Waals surface area contributed by atoms with Gasteiger partial charge in [0.25, 0.3) is 0 Å². The molecule has 0 unspecified atom stereocenters. The van der Waals surface area contributed by atoms with Crippen molar-refractivity contribution in [3.8, 4) is 0 Å². The zero-order valence-corrected chi connectivity index (χ0v) is 20.6. The average molecular weight is 425 g/mol. The maximum atomic E-state index is 13.0. The predicted octanol–water partition coefficient (Wildman–Crippen LogP) is 3.88. The van der Waals surface area contributed by atoms with Gasteiger partial charge >= 0.3 is 5.97 Å². The van der Waals surface area contributed by atoms with Crippen LogP contribution in [-0.4, -0.2) is 47.0 Å². The summed E-state index contributed by atoms with van der Waals surface area (Å²) in [5, 5.41) is 12.6. The van der Waals surface area contributed by atoms with E-state index >= 15 is 0 Å². The Morgan fingerprint density at radius 2 is 1.93 bits per heavy atom. The highest BCUT2D eigenvalue weighted by molar-refractivity contribution is 6.88. The van der Waals surface area contributed by atoms with Crippen LogP contribution >= 0.6 is 0 Å². The number of carbonyl (C=O) groups is 1. The standard InChI is InChI=1S/C21H36O5Si2/c1-15-13-17(19(22)25-11-12-27(3,4)5)21(23,14-18(15)24-2)16-9-10-26-20(16)28(6,7)8/h9-10,13,17-18,23H,11-12,14H2,1-8H3/t17-,18-,21+/m0/s1. The van der Waals surface area contributed by atoms with E-state index in [9.17, 15) is 9.90 Å². The Labute approximate surface area is 171 Å². The third-order valence-electron chi connectivity index (χ3n) is 5.40. The number of rotatable bonds is 7. The molecule has 3 atom stereocenters. The summed E-state index contributed by atoms with van der Waals surface area (Å²) in [6.45, 7) is 15.6. The van der Waals surface area contributed by atoms with E-state index in [1.54, 1.807) is 19.4 Å². The number of hydrogen-bond acceptors (Lipinski definition) is 5. The van der Waals surface area contributed by atoms with Gasteiger partial charge in [-0.15, -0.1) is 0 Å². The molecule has 0 saturated heterocycles. The molecule has 7 heteroatoms. The summed E-state index contributed by atoms with van der Waals surface area (Å²) < 4.78 is 17.0. The Hall–Kier alpha value is -1.16. The van der Waals surface area contributed by atoms with Crippen LogP contribution in [0.1, 0.15) is 18.9 Å². The van der Waals surface area contributed by atoms with Gasteiger partial charge in [-0.2, -0.15) is 0 Å². The molecule has 1 aromatic heterocycles. The molecule has 1 N–H and O–H groups in total. The molecule has 0 aliphatic heterocycles. The van der Waals surface area contributed by atoms with Crippen molar-refractivity contribution in [2.24, 2.45) is 5.92 Å². The van der Waals surface area contributed by atoms with Crippen molar-refractivity contribution >= 4 is 27.5 Å². The van der Waals surface area contributed by atoms with E-state index in [1.165, 1.54) is 0 Å². The Bertz CT molecular complexity index is 726. The van der Waals surface area contributed by atoms with Gasteiger partial charge < -0.3 is 19.0 Å². The van der Waals surface area contributed by atoms with Crippen molar-refractivity contribution < 1.29 is 23.8 Å². The quantitative estimate of drug-likeness (QED) is 0.409. The highest BCUT2D eigenvalue weighted by Gasteiger charge is 2.50. The number of aliphatic hydroxyl groups is 1. The van der Waals surface area contributed by atoms with E-state index in [0.717, 1.165) is 17.0 Å². The van der Waals surface area contributed by atoms with Crippen LogP contribution in [0.25, 0.3) is 0 Å². The Morgan fingerprint density at radius 1 is 1.29 bits per heavy atom. The van der Waals surface area contributed by atoms with E-state index in [-0.39, 0.29) is 12.1 Å². The minimum Gasteiger partial charge on any atom is -0.474 e. The first-order valence-electron chi connectivity index (χ1n) is 9.98. The first-order chi connectivity index (χ1) is 12.8. The summed E-state index contributed by atoms with van der Waals surface area (Å²) in [6, 6.07) is 2.70. The Balaban J connectivity index is 2.41. The first-order valence-corrected chi connectivity index (χ1v) is 17.2. The molecule has 0 spiro atoms. The normalized spacial score (nSPS) is 26.1. The molecule has 0 radical (unpaired) electrons. The van der Waals surface area contributed by atoms with Gasteiger partial charge in [0, 0.05) is 27.2 Å². The molecule has 2 rings (SSSR count). The fourth-order valence-corrected chi connectivity index (χ4v) is 5.91. The molecular formula is C21H36O5Si2. The van der Waals surface area contributed by atoms with Crippen molar-refractivity contribution in [3.63, 3.8) is 0 Å². The summed E-state index contributed by atoms with van der Waals surface area (Å²) in [5.41, 5.74) is 0.237. The molecule has 0 fully saturated rings. The smallest absolute Gasteiger partial charge is 0.316 e. The Morgan fingerprint density at radius 3 is 2.46 bits per heavy atom. The summed E-state index contributed by atoms with van der Waals surface area (Å²) in [7, 11) is -1.54. The number of carbonyl (C=O) groups excluding carboxylic acids is 1. The van der Waals surface area contributed by atoms with Crippen LogP contribution in [0.2, 0.25) is 45.3 Å². The van der Waals surface area contributed by atoms with Crippen LogP contribution in [0.3, 0.4) is 0 Å². The molecule has 0 bridgehead atoms. The topological polar surface area (TPSA) is 68.9 Å². The van der Waals surface area contributed by atoms with Gasteiger partial charge in [-0.25, -0.2) is 0 Å². The highest BCUT2D eigenvalue weighted by Crippen LogP contribution is 2.42. The van der Waals surface area contributed by atoms with Crippen molar-refractivity contribution in [2.75, 3.05) is 13.7 Å². The van der Waals surface area contributed by atoms with Crippen LogP contribution in [0.15, 0.2) is 28.4 Å². The number of hydrogen-bond donors (Lipinski definition) is 1. The molecule has 0 saturated carbocycles. The molecule has 1 aliphatic rings. The second-order valence-electron chi connectivity index (χ2n) is 10.1. The number of ether oxygens (including phenoxy) is 2. The molecule has 28 heavy (non-hydrogen) atoms. The molecule has 0 aromatic carbocycles. The average Bonchev–Trinajstić information content (AvgIpc) is 3.06. The van der Waals surface area contributed by atoms with E-state index in [1.807, 2.05) is 13.0 Å². The second kappa shape index (κ2) is 8.30. The molecule has 0 amide bonds. The van der Waals surface area contributed by atoms with Crippen LogP contribution in [0, 0.1) is 5.92 Å². The van der Waals surface area contributed by atoms with E-state index in [0.29, 0.717) is 18.6 Å². The Kier molecular flexibility index (Phi) is 6.85. The minimum atomic E-state index is -1.86.